The lowest BCUT2D eigenvalue weighted by Crippen LogP contribution is -2.37. The summed E-state index contributed by atoms with van der Waals surface area (Å²) in [5.74, 6) is -1.75. The van der Waals surface area contributed by atoms with Crippen molar-refractivity contribution >= 4 is 33.5 Å². The molecule has 1 rings (SSSR count). The number of nitrogens with two attached hydrogens (primary N) is 1. The summed E-state index contributed by atoms with van der Waals surface area (Å²) in [5.41, 5.74) is 6.61. The van der Waals surface area contributed by atoms with Crippen LogP contribution in [-0.4, -0.2) is 35.0 Å². The molecule has 0 spiro atoms. The highest BCUT2D eigenvalue weighted by Gasteiger charge is 2.21. The molecule has 0 aliphatic rings. The maximum Gasteiger partial charge on any atom is 0.308 e. The molecule has 0 aliphatic heterocycles. The smallest absolute Gasteiger partial charge is 0.308 e. The van der Waals surface area contributed by atoms with E-state index < -0.39 is 11.9 Å². The van der Waals surface area contributed by atoms with Gasteiger partial charge in [-0.15, -0.1) is 0 Å². The van der Waals surface area contributed by atoms with E-state index in [0.29, 0.717) is 22.3 Å². The quantitative estimate of drug-likeness (QED) is 0.812. The van der Waals surface area contributed by atoms with Gasteiger partial charge in [0.1, 0.15) is 0 Å². The third-order valence-corrected chi connectivity index (χ3v) is 3.50. The third kappa shape index (κ3) is 3.96. The molecular formula is C13H17BrN2O3. The van der Waals surface area contributed by atoms with Crippen LogP contribution in [0.1, 0.15) is 24.2 Å². The van der Waals surface area contributed by atoms with E-state index in [1.165, 1.54) is 4.90 Å². The number of hydrogen-bond acceptors (Lipinski definition) is 3. The number of carbonyl (C=O) groups excluding carboxylic acids is 1. The number of benzene rings is 1. The molecule has 0 bridgehead atoms. The standard InChI is InChI=1S/C13H17BrN2O3/c1-3-16(7-8(2)13(18)19)12(17)10-6-9(15)4-5-11(10)14/h4-6,8H,3,7,15H2,1-2H3,(H,18,19). The average Bonchev–Trinajstić information content (AvgIpc) is 2.37. The molecule has 104 valence electrons. The summed E-state index contributed by atoms with van der Waals surface area (Å²) in [5, 5.41) is 8.91. The summed E-state index contributed by atoms with van der Waals surface area (Å²) >= 11 is 3.30. The van der Waals surface area contributed by atoms with E-state index in [4.69, 9.17) is 10.8 Å². The Morgan fingerprint density at radius 3 is 2.63 bits per heavy atom. The Balaban J connectivity index is 2.95. The molecule has 1 aromatic rings. The monoisotopic (exact) mass is 328 g/mol. The molecule has 5 nitrogen and oxygen atoms in total. The van der Waals surface area contributed by atoms with Crippen LogP contribution in [0.3, 0.4) is 0 Å². The molecule has 0 saturated carbocycles. The Bertz CT molecular complexity index is 491. The van der Waals surface area contributed by atoms with Gasteiger partial charge >= 0.3 is 5.97 Å². The van der Waals surface area contributed by atoms with Crippen LogP contribution in [0.15, 0.2) is 22.7 Å². The Morgan fingerprint density at radius 1 is 1.47 bits per heavy atom. The number of carboxylic acids is 1. The van der Waals surface area contributed by atoms with Gasteiger partial charge in [0.2, 0.25) is 0 Å². The van der Waals surface area contributed by atoms with Gasteiger partial charge < -0.3 is 15.7 Å². The first-order valence-corrected chi connectivity index (χ1v) is 6.73. The molecule has 1 amide bonds. The zero-order valence-electron chi connectivity index (χ0n) is 10.9. The van der Waals surface area contributed by atoms with E-state index in [2.05, 4.69) is 15.9 Å². The Morgan fingerprint density at radius 2 is 2.11 bits per heavy atom. The molecular weight excluding hydrogens is 312 g/mol. The van der Waals surface area contributed by atoms with Gasteiger partial charge in [0.25, 0.3) is 5.91 Å². The highest BCUT2D eigenvalue weighted by atomic mass is 79.9. The number of halogens is 1. The maximum absolute atomic E-state index is 12.4. The van der Waals surface area contributed by atoms with Gasteiger partial charge in [0.15, 0.2) is 0 Å². The van der Waals surface area contributed by atoms with E-state index in [9.17, 15) is 9.59 Å². The number of nitrogen functional groups attached to an aromatic ring is 1. The fraction of sp³-hybridized carbons (Fsp3) is 0.385. The second-order valence-electron chi connectivity index (χ2n) is 4.32. The van der Waals surface area contributed by atoms with Crippen molar-refractivity contribution in [3.8, 4) is 0 Å². The lowest BCUT2D eigenvalue weighted by molar-refractivity contribution is -0.141. The van der Waals surface area contributed by atoms with Crippen molar-refractivity contribution in [2.45, 2.75) is 13.8 Å². The Kier molecular flexibility index (Phi) is 5.35. The number of carboxylic acid groups (broad SMARTS) is 1. The van der Waals surface area contributed by atoms with Gasteiger partial charge in [-0.2, -0.15) is 0 Å². The highest BCUT2D eigenvalue weighted by Crippen LogP contribution is 2.21. The van der Waals surface area contributed by atoms with E-state index in [1.54, 1.807) is 25.1 Å². The minimum atomic E-state index is -0.919. The van der Waals surface area contributed by atoms with Crippen molar-refractivity contribution in [1.82, 2.24) is 4.90 Å². The lowest BCUT2D eigenvalue weighted by atomic mass is 10.1. The van der Waals surface area contributed by atoms with Crippen LogP contribution in [0.25, 0.3) is 0 Å². The fourth-order valence-electron chi connectivity index (χ4n) is 1.64. The number of rotatable bonds is 5. The molecule has 0 aromatic heterocycles. The first-order valence-electron chi connectivity index (χ1n) is 5.93. The van der Waals surface area contributed by atoms with E-state index >= 15 is 0 Å². The summed E-state index contributed by atoms with van der Waals surface area (Å²) in [4.78, 5) is 24.7. The zero-order chi connectivity index (χ0) is 14.6. The second-order valence-corrected chi connectivity index (χ2v) is 5.18. The molecule has 0 aliphatic carbocycles. The van der Waals surface area contributed by atoms with Gasteiger partial charge in [-0.1, -0.05) is 6.92 Å². The largest absolute Gasteiger partial charge is 0.481 e. The predicted octanol–water partition coefficient (Wildman–Crippen LogP) is 2.21. The number of amides is 1. The van der Waals surface area contributed by atoms with Gasteiger partial charge in [-0.25, -0.2) is 0 Å². The topological polar surface area (TPSA) is 83.6 Å². The maximum atomic E-state index is 12.4. The van der Waals surface area contributed by atoms with Crippen molar-refractivity contribution in [3.63, 3.8) is 0 Å². The zero-order valence-corrected chi connectivity index (χ0v) is 12.5. The van der Waals surface area contributed by atoms with Crippen LogP contribution >= 0.6 is 15.9 Å². The van der Waals surface area contributed by atoms with Crippen LogP contribution in [0.4, 0.5) is 5.69 Å². The summed E-state index contributed by atoms with van der Waals surface area (Å²) in [6.45, 7) is 4.00. The Hall–Kier alpha value is -1.56. The van der Waals surface area contributed by atoms with E-state index in [1.807, 2.05) is 6.92 Å². The number of aliphatic carboxylic acids is 1. The second kappa shape index (κ2) is 6.56. The number of anilines is 1. The summed E-state index contributed by atoms with van der Waals surface area (Å²) in [6.07, 6.45) is 0. The predicted molar refractivity (Wildman–Crippen MR) is 76.9 cm³/mol. The summed E-state index contributed by atoms with van der Waals surface area (Å²) in [6, 6.07) is 4.98. The minimum Gasteiger partial charge on any atom is -0.481 e. The van der Waals surface area contributed by atoms with Crippen LogP contribution < -0.4 is 5.73 Å². The van der Waals surface area contributed by atoms with Crippen molar-refractivity contribution in [3.05, 3.63) is 28.2 Å². The van der Waals surface area contributed by atoms with Crippen molar-refractivity contribution in [2.24, 2.45) is 5.92 Å². The van der Waals surface area contributed by atoms with Crippen molar-refractivity contribution < 1.29 is 14.7 Å². The summed E-state index contributed by atoms with van der Waals surface area (Å²) < 4.78 is 0.646. The first kappa shape index (κ1) is 15.5. The van der Waals surface area contributed by atoms with Crippen LogP contribution in [0, 0.1) is 5.92 Å². The van der Waals surface area contributed by atoms with Crippen molar-refractivity contribution in [1.29, 1.82) is 0 Å². The van der Waals surface area contributed by atoms with E-state index in [-0.39, 0.29) is 12.5 Å². The molecule has 0 saturated heterocycles. The molecule has 3 N–H and O–H groups in total. The average molecular weight is 329 g/mol. The molecule has 1 unspecified atom stereocenters. The molecule has 1 aromatic carbocycles. The van der Waals surface area contributed by atoms with E-state index in [0.717, 1.165) is 0 Å². The number of nitrogens with zero attached hydrogens (tertiary/aromatic N) is 1. The minimum absolute atomic E-state index is 0.173. The van der Waals surface area contributed by atoms with Crippen LogP contribution in [0.2, 0.25) is 0 Å². The Labute approximate surface area is 120 Å². The third-order valence-electron chi connectivity index (χ3n) is 2.81. The fourth-order valence-corrected chi connectivity index (χ4v) is 2.06. The lowest BCUT2D eigenvalue weighted by Gasteiger charge is -2.23. The van der Waals surface area contributed by atoms with Gasteiger partial charge in [-0.05, 0) is 41.1 Å². The molecule has 0 heterocycles. The van der Waals surface area contributed by atoms with Gasteiger partial charge in [-0.3, -0.25) is 9.59 Å². The van der Waals surface area contributed by atoms with Crippen LogP contribution in [-0.2, 0) is 4.79 Å². The number of hydrogen-bond donors (Lipinski definition) is 2. The molecule has 0 radical (unpaired) electrons. The molecule has 6 heteroatoms. The number of carbonyl (C=O) groups is 2. The van der Waals surface area contributed by atoms with Crippen LogP contribution in [0.5, 0.6) is 0 Å². The normalized spacial score (nSPS) is 11.9. The van der Waals surface area contributed by atoms with Crippen molar-refractivity contribution in [2.75, 3.05) is 18.8 Å². The summed E-state index contributed by atoms with van der Waals surface area (Å²) in [7, 11) is 0. The highest BCUT2D eigenvalue weighted by molar-refractivity contribution is 9.10. The first-order chi connectivity index (χ1) is 8.86. The van der Waals surface area contributed by atoms with Gasteiger partial charge in [0, 0.05) is 23.2 Å². The molecule has 19 heavy (non-hydrogen) atoms. The van der Waals surface area contributed by atoms with Gasteiger partial charge in [0.05, 0.1) is 11.5 Å². The SMILES string of the molecule is CCN(CC(C)C(=O)O)C(=O)c1cc(N)ccc1Br. The molecule has 1 atom stereocenters. The molecule has 0 fully saturated rings.